The number of carbonyl (C=O) groups excluding carboxylic acids is 1. The molecule has 3 unspecified atom stereocenters. The van der Waals surface area contributed by atoms with Gasteiger partial charge in [0.25, 0.3) is 0 Å². The molecule has 0 radical (unpaired) electrons. The highest BCUT2D eigenvalue weighted by Gasteiger charge is 2.36. The van der Waals surface area contributed by atoms with Gasteiger partial charge in [0.1, 0.15) is 5.75 Å². The number of nitrogens with one attached hydrogen (secondary N) is 1. The SMILES string of the molecule is COc1ccccc1C(C)NC(=O)C(C)N1CCC(N)C(C)(C)C1.Cl. The molecule has 1 saturated heterocycles. The van der Waals surface area contributed by atoms with Crippen LogP contribution in [0.2, 0.25) is 0 Å². The van der Waals surface area contributed by atoms with E-state index in [1.54, 1.807) is 7.11 Å². The highest BCUT2D eigenvalue weighted by Crippen LogP contribution is 2.29. The van der Waals surface area contributed by atoms with Gasteiger partial charge in [0.2, 0.25) is 5.91 Å². The van der Waals surface area contributed by atoms with Gasteiger partial charge in [0.05, 0.1) is 19.2 Å². The normalized spacial score (nSPS) is 22.4. The number of likely N-dealkylation sites (tertiary alicyclic amines) is 1. The Hall–Kier alpha value is -1.30. The number of carbonyl (C=O) groups is 1. The predicted octanol–water partition coefficient (Wildman–Crippen LogP) is 2.74. The lowest BCUT2D eigenvalue weighted by molar-refractivity contribution is -0.127. The van der Waals surface area contributed by atoms with Crippen molar-refractivity contribution in [2.75, 3.05) is 20.2 Å². The van der Waals surface area contributed by atoms with E-state index in [4.69, 9.17) is 10.5 Å². The molecule has 1 fully saturated rings. The second-order valence-electron chi connectivity index (χ2n) is 7.50. The predicted molar refractivity (Wildman–Crippen MR) is 104 cm³/mol. The molecule has 5 nitrogen and oxygen atoms in total. The molecule has 1 heterocycles. The van der Waals surface area contributed by atoms with E-state index in [-0.39, 0.29) is 41.9 Å². The zero-order valence-corrected chi connectivity index (χ0v) is 16.7. The van der Waals surface area contributed by atoms with E-state index in [2.05, 4.69) is 24.1 Å². The first-order valence-electron chi connectivity index (χ1n) is 8.69. The van der Waals surface area contributed by atoms with Crippen LogP contribution in [0.4, 0.5) is 0 Å². The molecule has 0 aliphatic carbocycles. The molecule has 0 saturated carbocycles. The molecule has 0 bridgehead atoms. The third-order valence-electron chi connectivity index (χ3n) is 5.23. The fourth-order valence-corrected chi connectivity index (χ4v) is 3.35. The average Bonchev–Trinajstić information content (AvgIpc) is 2.56. The number of nitrogens with two attached hydrogens (primary N) is 1. The Morgan fingerprint density at radius 3 is 2.60 bits per heavy atom. The molecule has 25 heavy (non-hydrogen) atoms. The van der Waals surface area contributed by atoms with Gasteiger partial charge in [-0.3, -0.25) is 9.69 Å². The van der Waals surface area contributed by atoms with Gasteiger partial charge in [-0.1, -0.05) is 32.0 Å². The van der Waals surface area contributed by atoms with E-state index >= 15 is 0 Å². The molecule has 0 aromatic heterocycles. The number of amides is 1. The van der Waals surface area contributed by atoms with Gasteiger partial charge in [0.15, 0.2) is 0 Å². The van der Waals surface area contributed by atoms with E-state index in [9.17, 15) is 4.79 Å². The van der Waals surface area contributed by atoms with Crippen LogP contribution in [0.1, 0.15) is 45.7 Å². The fraction of sp³-hybridized carbons (Fsp3) is 0.632. The molecule has 1 amide bonds. The largest absolute Gasteiger partial charge is 0.496 e. The number of ether oxygens (including phenoxy) is 1. The number of halogens is 1. The summed E-state index contributed by atoms with van der Waals surface area (Å²) >= 11 is 0. The molecular weight excluding hydrogens is 338 g/mol. The summed E-state index contributed by atoms with van der Waals surface area (Å²) in [6.07, 6.45) is 0.923. The molecule has 3 N–H and O–H groups in total. The number of para-hydroxylation sites is 1. The maximum atomic E-state index is 12.7. The maximum absolute atomic E-state index is 12.7. The van der Waals surface area contributed by atoms with Crippen molar-refractivity contribution in [2.45, 2.75) is 52.2 Å². The molecule has 1 aliphatic rings. The van der Waals surface area contributed by atoms with Gasteiger partial charge in [-0.05, 0) is 31.7 Å². The molecule has 0 spiro atoms. The highest BCUT2D eigenvalue weighted by molar-refractivity contribution is 5.85. The van der Waals surface area contributed by atoms with Crippen molar-refractivity contribution in [3.63, 3.8) is 0 Å². The Morgan fingerprint density at radius 2 is 2.00 bits per heavy atom. The standard InChI is InChI=1S/C19H31N3O2.ClH/c1-13(15-8-6-7-9-16(15)24-5)21-18(23)14(2)22-11-10-17(20)19(3,4)12-22;/h6-9,13-14,17H,10-12,20H2,1-5H3,(H,21,23);1H. The van der Waals surface area contributed by atoms with Gasteiger partial charge in [-0.2, -0.15) is 0 Å². The summed E-state index contributed by atoms with van der Waals surface area (Å²) in [5.41, 5.74) is 7.21. The summed E-state index contributed by atoms with van der Waals surface area (Å²) in [4.78, 5) is 14.9. The molecule has 6 heteroatoms. The van der Waals surface area contributed by atoms with E-state index in [1.807, 2.05) is 38.1 Å². The zero-order valence-electron chi connectivity index (χ0n) is 15.9. The van der Waals surface area contributed by atoms with Crippen molar-refractivity contribution in [2.24, 2.45) is 11.1 Å². The van der Waals surface area contributed by atoms with Crippen LogP contribution in [-0.4, -0.2) is 43.1 Å². The second kappa shape index (κ2) is 8.88. The number of benzene rings is 1. The van der Waals surface area contributed by atoms with E-state index in [0.29, 0.717) is 0 Å². The van der Waals surface area contributed by atoms with Gasteiger partial charge < -0.3 is 15.8 Å². The number of piperidine rings is 1. The number of rotatable bonds is 5. The number of hydrogen-bond donors (Lipinski definition) is 2. The minimum absolute atomic E-state index is 0. The first-order chi connectivity index (χ1) is 11.3. The second-order valence-corrected chi connectivity index (χ2v) is 7.50. The third kappa shape index (κ3) is 5.09. The molecule has 1 aromatic rings. The van der Waals surface area contributed by atoms with Crippen molar-refractivity contribution >= 4 is 18.3 Å². The van der Waals surface area contributed by atoms with Crippen LogP contribution in [-0.2, 0) is 4.79 Å². The third-order valence-corrected chi connectivity index (χ3v) is 5.23. The Labute approximate surface area is 157 Å². The maximum Gasteiger partial charge on any atom is 0.237 e. The van der Waals surface area contributed by atoms with Gasteiger partial charge in [-0.15, -0.1) is 12.4 Å². The molecule has 3 atom stereocenters. The number of nitrogens with zero attached hydrogens (tertiary/aromatic N) is 1. The van der Waals surface area contributed by atoms with Crippen molar-refractivity contribution in [1.29, 1.82) is 0 Å². The van der Waals surface area contributed by atoms with Crippen LogP contribution >= 0.6 is 12.4 Å². The van der Waals surface area contributed by atoms with Crippen LogP contribution in [0, 0.1) is 5.41 Å². The van der Waals surface area contributed by atoms with Crippen LogP contribution in [0.25, 0.3) is 0 Å². The summed E-state index contributed by atoms with van der Waals surface area (Å²) in [7, 11) is 1.65. The molecule has 1 aromatic carbocycles. The lowest BCUT2D eigenvalue weighted by atomic mass is 9.79. The molecule has 2 rings (SSSR count). The highest BCUT2D eigenvalue weighted by atomic mass is 35.5. The monoisotopic (exact) mass is 369 g/mol. The fourth-order valence-electron chi connectivity index (χ4n) is 3.35. The van der Waals surface area contributed by atoms with E-state index in [1.165, 1.54) is 0 Å². The van der Waals surface area contributed by atoms with Crippen LogP contribution < -0.4 is 15.8 Å². The quantitative estimate of drug-likeness (QED) is 0.837. The van der Waals surface area contributed by atoms with Crippen LogP contribution in [0.15, 0.2) is 24.3 Å². The van der Waals surface area contributed by atoms with E-state index < -0.39 is 0 Å². The summed E-state index contributed by atoms with van der Waals surface area (Å²) in [6.45, 7) is 10.0. The molecular formula is C19H32ClN3O2. The Bertz CT molecular complexity index is 580. The van der Waals surface area contributed by atoms with Crippen molar-refractivity contribution in [3.8, 4) is 5.75 Å². The summed E-state index contributed by atoms with van der Waals surface area (Å²) < 4.78 is 5.39. The lowest BCUT2D eigenvalue weighted by Gasteiger charge is -2.44. The zero-order chi connectivity index (χ0) is 17.9. The Balaban J connectivity index is 0.00000312. The first-order valence-corrected chi connectivity index (χ1v) is 8.69. The van der Waals surface area contributed by atoms with Crippen molar-refractivity contribution in [3.05, 3.63) is 29.8 Å². The minimum atomic E-state index is -0.172. The van der Waals surface area contributed by atoms with Gasteiger partial charge >= 0.3 is 0 Å². The molecule has 1 aliphatic heterocycles. The number of methoxy groups -OCH3 is 1. The summed E-state index contributed by atoms with van der Waals surface area (Å²) in [5.74, 6) is 0.836. The van der Waals surface area contributed by atoms with Crippen LogP contribution in [0.5, 0.6) is 5.75 Å². The van der Waals surface area contributed by atoms with Gasteiger partial charge in [-0.25, -0.2) is 0 Å². The van der Waals surface area contributed by atoms with E-state index in [0.717, 1.165) is 30.8 Å². The van der Waals surface area contributed by atoms with Crippen molar-refractivity contribution < 1.29 is 9.53 Å². The molecule has 142 valence electrons. The minimum Gasteiger partial charge on any atom is -0.496 e. The summed E-state index contributed by atoms with van der Waals surface area (Å²) in [6, 6.07) is 7.70. The topological polar surface area (TPSA) is 67.6 Å². The van der Waals surface area contributed by atoms with Gasteiger partial charge in [0, 0.05) is 24.7 Å². The number of hydrogen-bond acceptors (Lipinski definition) is 4. The summed E-state index contributed by atoms with van der Waals surface area (Å²) in [5, 5.41) is 3.11. The first kappa shape index (κ1) is 21.7. The Morgan fingerprint density at radius 1 is 1.36 bits per heavy atom. The van der Waals surface area contributed by atoms with Crippen molar-refractivity contribution in [1.82, 2.24) is 10.2 Å². The smallest absolute Gasteiger partial charge is 0.237 e. The average molecular weight is 370 g/mol. The van der Waals surface area contributed by atoms with Crippen LogP contribution in [0.3, 0.4) is 0 Å². The Kier molecular flexibility index (Phi) is 7.72. The lowest BCUT2D eigenvalue weighted by Crippen LogP contribution is -2.57.